The first-order valence-corrected chi connectivity index (χ1v) is 14.0. The summed E-state index contributed by atoms with van der Waals surface area (Å²) in [4.78, 5) is 7.18. The lowest BCUT2D eigenvalue weighted by molar-refractivity contribution is 0.139. The maximum Gasteiger partial charge on any atom is 0.252 e. The van der Waals surface area contributed by atoms with Crippen LogP contribution in [-0.4, -0.2) is 62.1 Å². The minimum absolute atomic E-state index is 0.115. The van der Waals surface area contributed by atoms with Crippen LogP contribution in [0, 0.1) is 5.92 Å². The van der Waals surface area contributed by atoms with Gasteiger partial charge in [-0.25, -0.2) is 18.1 Å². The number of sulfonamides is 1. The molecule has 2 aliphatic rings. The molecule has 1 aromatic carbocycles. The van der Waals surface area contributed by atoms with Crippen LogP contribution in [0.4, 0.5) is 5.69 Å². The highest BCUT2D eigenvalue weighted by Gasteiger charge is 2.31. The monoisotopic (exact) mass is 496 g/mol. The van der Waals surface area contributed by atoms with E-state index in [2.05, 4.69) is 9.30 Å². The second-order valence-electron chi connectivity index (χ2n) is 9.58. The number of benzene rings is 1. The largest absolute Gasteiger partial charge is 0.384 e. The van der Waals surface area contributed by atoms with Crippen LogP contribution < -0.4 is 10.6 Å². The summed E-state index contributed by atoms with van der Waals surface area (Å²) in [5, 5.41) is 6.09. The van der Waals surface area contributed by atoms with Gasteiger partial charge in [-0.1, -0.05) is 24.6 Å². The molecule has 1 saturated heterocycles. The first kappa shape index (κ1) is 23.7. The van der Waals surface area contributed by atoms with Gasteiger partial charge < -0.3 is 15.4 Å². The summed E-state index contributed by atoms with van der Waals surface area (Å²) in [5.74, 6) is 0.806. The Hall–Kier alpha value is -2.98. The standard InChI is InChI=1S/C25H32N6O3S/c1-34-16-17-11-13-30(14-12-17)21-15-20(24(26)29-35(2,32)33)27-25-22(21)23(18-7-6-8-18)28-31(25)19-9-4-3-5-10-19/h3-5,9-10,15,17-18H,6-8,11-14,16H2,1-2H3,(H2,26,29). The first-order chi connectivity index (χ1) is 16.8. The molecule has 3 aromatic rings. The minimum Gasteiger partial charge on any atom is -0.384 e. The van der Waals surface area contributed by atoms with E-state index in [4.69, 9.17) is 20.6 Å². The molecule has 10 heteroatoms. The van der Waals surface area contributed by atoms with E-state index in [1.807, 2.05) is 41.1 Å². The first-order valence-electron chi connectivity index (χ1n) is 12.1. The summed E-state index contributed by atoms with van der Waals surface area (Å²) in [5.41, 5.74) is 10.1. The number of pyridine rings is 1. The Labute approximate surface area is 206 Å². The summed E-state index contributed by atoms with van der Waals surface area (Å²) in [6.07, 6.45) is 6.48. The maximum absolute atomic E-state index is 11.9. The fourth-order valence-corrected chi connectivity index (χ4v) is 5.47. The Balaban J connectivity index is 1.71. The van der Waals surface area contributed by atoms with Crippen LogP contribution in [0.25, 0.3) is 16.7 Å². The summed E-state index contributed by atoms with van der Waals surface area (Å²) in [6, 6.07) is 11.8. The second-order valence-corrected chi connectivity index (χ2v) is 11.2. The zero-order valence-electron chi connectivity index (χ0n) is 20.2. The fourth-order valence-electron chi connectivity index (χ4n) is 5.02. The van der Waals surface area contributed by atoms with Crippen molar-refractivity contribution in [2.75, 3.05) is 38.0 Å². The molecule has 2 fully saturated rings. The number of methoxy groups -OCH3 is 1. The molecule has 186 valence electrons. The molecule has 35 heavy (non-hydrogen) atoms. The number of para-hydroxylation sites is 1. The Kier molecular flexibility index (Phi) is 6.50. The molecule has 1 aliphatic carbocycles. The molecule has 0 spiro atoms. The Bertz CT molecular complexity index is 1340. The van der Waals surface area contributed by atoms with Crippen molar-refractivity contribution in [2.24, 2.45) is 16.0 Å². The number of rotatable bonds is 7. The number of hydrogen-bond acceptors (Lipinski definition) is 6. The average Bonchev–Trinajstić information content (AvgIpc) is 3.17. The van der Waals surface area contributed by atoms with Crippen molar-refractivity contribution in [2.45, 2.75) is 38.0 Å². The van der Waals surface area contributed by atoms with Gasteiger partial charge in [0.15, 0.2) is 11.5 Å². The van der Waals surface area contributed by atoms with E-state index >= 15 is 0 Å². The van der Waals surface area contributed by atoms with Crippen LogP contribution >= 0.6 is 0 Å². The van der Waals surface area contributed by atoms with Gasteiger partial charge in [0.2, 0.25) is 0 Å². The number of nitrogens with zero attached hydrogens (tertiary/aromatic N) is 5. The fraction of sp³-hybridized carbons (Fsp3) is 0.480. The van der Waals surface area contributed by atoms with Gasteiger partial charge in [0, 0.05) is 32.7 Å². The topological polar surface area (TPSA) is 116 Å². The van der Waals surface area contributed by atoms with E-state index in [1.165, 1.54) is 6.42 Å². The lowest BCUT2D eigenvalue weighted by Crippen LogP contribution is -2.35. The van der Waals surface area contributed by atoms with Gasteiger partial charge in [-0.3, -0.25) is 0 Å². The molecule has 3 heterocycles. The summed E-state index contributed by atoms with van der Waals surface area (Å²) >= 11 is 0. The number of piperidine rings is 1. The van der Waals surface area contributed by atoms with Crippen LogP contribution in [0.3, 0.4) is 0 Å². The van der Waals surface area contributed by atoms with E-state index in [9.17, 15) is 8.42 Å². The van der Waals surface area contributed by atoms with Crippen LogP contribution in [0.15, 0.2) is 40.8 Å². The van der Waals surface area contributed by atoms with Crippen LogP contribution in [0.5, 0.6) is 0 Å². The third kappa shape index (κ3) is 4.90. The SMILES string of the molecule is COCC1CCN(c2cc(C(N)=NS(C)(=O)=O)nc3c2c(C2CCC2)nn3-c2ccccc2)CC1. The molecular weight excluding hydrogens is 464 g/mol. The number of fused-ring (bicyclic) bond motifs is 1. The Morgan fingerprint density at radius 2 is 1.89 bits per heavy atom. The normalized spacial score (nSPS) is 18.2. The molecular formula is C25H32N6O3S. The van der Waals surface area contributed by atoms with E-state index in [-0.39, 0.29) is 5.84 Å². The van der Waals surface area contributed by atoms with Crippen LogP contribution in [0.2, 0.25) is 0 Å². The van der Waals surface area contributed by atoms with Gasteiger partial charge in [-0.05, 0) is 49.8 Å². The molecule has 1 aliphatic heterocycles. The summed E-state index contributed by atoms with van der Waals surface area (Å²) < 4.78 is 34.7. The highest BCUT2D eigenvalue weighted by Crippen LogP contribution is 2.43. The van der Waals surface area contributed by atoms with E-state index in [0.717, 1.165) is 74.1 Å². The van der Waals surface area contributed by atoms with E-state index in [1.54, 1.807) is 7.11 Å². The highest BCUT2D eigenvalue weighted by molar-refractivity contribution is 7.89. The molecule has 2 aromatic heterocycles. The molecule has 0 unspecified atom stereocenters. The predicted molar refractivity (Wildman–Crippen MR) is 138 cm³/mol. The number of amidine groups is 1. The number of nitrogens with two attached hydrogens (primary N) is 1. The van der Waals surface area contributed by atoms with Crippen molar-refractivity contribution >= 4 is 32.6 Å². The number of ether oxygens (including phenoxy) is 1. The van der Waals surface area contributed by atoms with Gasteiger partial charge in [0.05, 0.1) is 28.7 Å². The third-order valence-electron chi connectivity index (χ3n) is 7.02. The van der Waals surface area contributed by atoms with Crippen LogP contribution in [0.1, 0.15) is 49.4 Å². The van der Waals surface area contributed by atoms with Crippen molar-refractivity contribution in [3.8, 4) is 5.69 Å². The molecule has 0 radical (unpaired) electrons. The zero-order chi connectivity index (χ0) is 24.6. The van der Waals surface area contributed by atoms with E-state index < -0.39 is 10.0 Å². The molecule has 5 rings (SSSR count). The number of aromatic nitrogens is 3. The number of hydrogen-bond donors (Lipinski definition) is 1. The third-order valence-corrected chi connectivity index (χ3v) is 7.55. The molecule has 2 N–H and O–H groups in total. The maximum atomic E-state index is 11.9. The number of anilines is 1. The van der Waals surface area contributed by atoms with Crippen molar-refractivity contribution in [3.63, 3.8) is 0 Å². The Morgan fingerprint density at radius 1 is 1.17 bits per heavy atom. The van der Waals surface area contributed by atoms with Gasteiger partial charge in [-0.15, -0.1) is 4.40 Å². The van der Waals surface area contributed by atoms with Crippen molar-refractivity contribution in [1.29, 1.82) is 0 Å². The van der Waals surface area contributed by atoms with Crippen molar-refractivity contribution in [1.82, 2.24) is 14.8 Å². The van der Waals surface area contributed by atoms with Gasteiger partial charge in [0.25, 0.3) is 10.0 Å². The lowest BCUT2D eigenvalue weighted by atomic mass is 9.82. The zero-order valence-corrected chi connectivity index (χ0v) is 21.0. The van der Waals surface area contributed by atoms with Crippen LogP contribution in [-0.2, 0) is 14.8 Å². The van der Waals surface area contributed by atoms with E-state index in [0.29, 0.717) is 23.2 Å². The van der Waals surface area contributed by atoms with Crippen molar-refractivity contribution in [3.05, 3.63) is 47.8 Å². The van der Waals surface area contributed by atoms with Gasteiger partial charge in [-0.2, -0.15) is 5.10 Å². The molecule has 0 atom stereocenters. The van der Waals surface area contributed by atoms with Gasteiger partial charge >= 0.3 is 0 Å². The summed E-state index contributed by atoms with van der Waals surface area (Å²) in [7, 11) is -1.92. The van der Waals surface area contributed by atoms with Crippen molar-refractivity contribution < 1.29 is 13.2 Å². The second kappa shape index (κ2) is 9.58. The van der Waals surface area contributed by atoms with Gasteiger partial charge in [0.1, 0.15) is 5.69 Å². The smallest absolute Gasteiger partial charge is 0.252 e. The minimum atomic E-state index is -3.67. The Morgan fingerprint density at radius 3 is 2.49 bits per heavy atom. The average molecular weight is 497 g/mol. The lowest BCUT2D eigenvalue weighted by Gasteiger charge is -2.34. The molecule has 1 saturated carbocycles. The summed E-state index contributed by atoms with van der Waals surface area (Å²) in [6.45, 7) is 2.50. The molecule has 0 bridgehead atoms. The predicted octanol–water partition coefficient (Wildman–Crippen LogP) is 3.22. The quantitative estimate of drug-likeness (QED) is 0.394. The molecule has 0 amide bonds. The highest BCUT2D eigenvalue weighted by atomic mass is 32.2. The molecule has 9 nitrogen and oxygen atoms in total.